The number of carbonyl (C=O) groups is 2. The van der Waals surface area contributed by atoms with Gasteiger partial charge in [0.05, 0.1) is 17.1 Å². The van der Waals surface area contributed by atoms with E-state index in [1.54, 1.807) is 18.2 Å². The molecule has 0 bridgehead atoms. The number of rotatable bonds is 8. The Kier molecular flexibility index (Phi) is 5.93. The number of ether oxygens (including phenoxy) is 1. The molecular weight excluding hydrogens is 358 g/mol. The molecule has 0 aliphatic heterocycles. The summed E-state index contributed by atoms with van der Waals surface area (Å²) in [5.74, 6) is -0.139. The topological polar surface area (TPSA) is 104 Å². The van der Waals surface area contributed by atoms with Crippen LogP contribution in [0.5, 0.6) is 5.75 Å². The molecule has 3 rings (SSSR count). The van der Waals surface area contributed by atoms with Crippen molar-refractivity contribution in [3.05, 3.63) is 59.9 Å². The van der Waals surface area contributed by atoms with E-state index in [-0.39, 0.29) is 17.9 Å². The smallest absolute Gasteiger partial charge is 0.341 e. The van der Waals surface area contributed by atoms with Crippen LogP contribution in [0.15, 0.2) is 48.5 Å². The minimum absolute atomic E-state index is 0.163. The number of carboxylic acid groups (broad SMARTS) is 1. The first kappa shape index (κ1) is 19.4. The minimum Gasteiger partial charge on any atom is -0.482 e. The average molecular weight is 381 g/mol. The van der Waals surface area contributed by atoms with Gasteiger partial charge in [0.2, 0.25) is 0 Å². The van der Waals surface area contributed by atoms with E-state index < -0.39 is 12.6 Å². The van der Waals surface area contributed by atoms with Gasteiger partial charge in [-0.3, -0.25) is 4.79 Å². The van der Waals surface area contributed by atoms with Crippen LogP contribution in [0, 0.1) is 5.92 Å². The third kappa shape index (κ3) is 4.49. The Hall–Kier alpha value is -3.35. The van der Waals surface area contributed by atoms with Crippen LogP contribution in [-0.4, -0.2) is 33.6 Å². The third-order valence-corrected chi connectivity index (χ3v) is 4.66. The lowest BCUT2D eigenvalue weighted by molar-refractivity contribution is -0.139. The molecule has 146 valence electrons. The van der Waals surface area contributed by atoms with Gasteiger partial charge < -0.3 is 20.1 Å². The lowest BCUT2D eigenvalue weighted by Gasteiger charge is -2.22. The molecule has 28 heavy (non-hydrogen) atoms. The molecule has 0 spiro atoms. The lowest BCUT2D eigenvalue weighted by atomic mass is 9.98. The Morgan fingerprint density at radius 1 is 1.21 bits per heavy atom. The average Bonchev–Trinajstić information content (AvgIpc) is 3.13. The molecule has 2 aromatic carbocycles. The third-order valence-electron chi connectivity index (χ3n) is 4.66. The maximum absolute atomic E-state index is 12.8. The zero-order chi connectivity index (χ0) is 20.1. The molecule has 3 N–H and O–H groups in total. The van der Waals surface area contributed by atoms with Crippen LogP contribution in [0.3, 0.4) is 0 Å². The van der Waals surface area contributed by atoms with E-state index in [1.165, 1.54) is 6.07 Å². The van der Waals surface area contributed by atoms with E-state index in [1.807, 2.05) is 24.3 Å². The number of carboxylic acids is 1. The Bertz CT molecular complexity index is 949. The maximum Gasteiger partial charge on any atom is 0.341 e. The van der Waals surface area contributed by atoms with Gasteiger partial charge in [-0.2, -0.15) is 0 Å². The van der Waals surface area contributed by atoms with Crippen LogP contribution < -0.4 is 10.1 Å². The number of nitrogens with one attached hydrogen (secondary N) is 2. The number of nitrogens with zero attached hydrogens (tertiary/aromatic N) is 1. The molecule has 0 aliphatic rings. The number of H-pyrrole nitrogens is 1. The number of imidazole rings is 1. The number of aromatic nitrogens is 2. The number of hydrogen-bond donors (Lipinski definition) is 3. The van der Waals surface area contributed by atoms with Crippen molar-refractivity contribution < 1.29 is 19.4 Å². The van der Waals surface area contributed by atoms with Crippen LogP contribution in [0.1, 0.15) is 42.5 Å². The normalized spacial score (nSPS) is 13.1. The maximum atomic E-state index is 12.8. The minimum atomic E-state index is -1.07. The molecule has 7 nitrogen and oxygen atoms in total. The van der Waals surface area contributed by atoms with Crippen LogP contribution >= 0.6 is 0 Å². The molecule has 1 aromatic heterocycles. The van der Waals surface area contributed by atoms with E-state index in [2.05, 4.69) is 29.1 Å². The summed E-state index contributed by atoms with van der Waals surface area (Å²) in [5.41, 5.74) is 2.17. The first-order valence-electron chi connectivity index (χ1n) is 9.18. The summed E-state index contributed by atoms with van der Waals surface area (Å²) in [6.07, 6.45) is 0.865. The Morgan fingerprint density at radius 3 is 2.71 bits per heavy atom. The van der Waals surface area contributed by atoms with Crippen molar-refractivity contribution in [2.45, 2.75) is 26.3 Å². The highest BCUT2D eigenvalue weighted by molar-refractivity contribution is 5.94. The van der Waals surface area contributed by atoms with Crippen LogP contribution in [0.2, 0.25) is 0 Å². The highest BCUT2D eigenvalue weighted by Crippen LogP contribution is 2.25. The van der Waals surface area contributed by atoms with Gasteiger partial charge in [-0.05, 0) is 36.2 Å². The van der Waals surface area contributed by atoms with E-state index in [0.29, 0.717) is 17.1 Å². The summed E-state index contributed by atoms with van der Waals surface area (Å²) in [4.78, 5) is 31.4. The lowest BCUT2D eigenvalue weighted by Crippen LogP contribution is -2.33. The van der Waals surface area contributed by atoms with Crippen LogP contribution in [0.25, 0.3) is 11.0 Å². The number of hydrogen-bond acceptors (Lipinski definition) is 4. The number of fused-ring (bicyclic) bond motifs is 1. The number of aliphatic carboxylic acids is 1. The number of benzene rings is 2. The van der Waals surface area contributed by atoms with Gasteiger partial charge in [-0.15, -0.1) is 0 Å². The number of para-hydroxylation sites is 2. The fourth-order valence-corrected chi connectivity index (χ4v) is 2.93. The first-order valence-corrected chi connectivity index (χ1v) is 9.18. The summed E-state index contributed by atoms with van der Waals surface area (Å²) in [6.45, 7) is 3.66. The van der Waals surface area contributed by atoms with Crippen molar-refractivity contribution in [2.75, 3.05) is 6.61 Å². The molecule has 0 fully saturated rings. The highest BCUT2D eigenvalue weighted by Gasteiger charge is 2.24. The fraction of sp³-hybridized carbons (Fsp3) is 0.286. The molecule has 1 heterocycles. The van der Waals surface area contributed by atoms with Gasteiger partial charge in [0.25, 0.3) is 5.91 Å². The summed E-state index contributed by atoms with van der Waals surface area (Å²) < 4.78 is 5.16. The molecule has 0 aliphatic carbocycles. The van der Waals surface area contributed by atoms with E-state index >= 15 is 0 Å². The SMILES string of the molecule is CCC(C)C(NC(=O)c1cccc(OCC(=O)O)c1)c1nc2ccccc2[nH]1. The predicted molar refractivity (Wildman–Crippen MR) is 105 cm³/mol. The Labute approximate surface area is 162 Å². The molecule has 0 saturated heterocycles. The number of amides is 1. The van der Waals surface area contributed by atoms with Crippen LogP contribution in [-0.2, 0) is 4.79 Å². The van der Waals surface area contributed by atoms with Crippen molar-refractivity contribution in [2.24, 2.45) is 5.92 Å². The van der Waals surface area contributed by atoms with E-state index in [9.17, 15) is 9.59 Å². The van der Waals surface area contributed by atoms with Crippen molar-refractivity contribution in [3.63, 3.8) is 0 Å². The first-order chi connectivity index (χ1) is 13.5. The van der Waals surface area contributed by atoms with E-state index in [0.717, 1.165) is 17.5 Å². The van der Waals surface area contributed by atoms with Gasteiger partial charge in [-0.1, -0.05) is 38.5 Å². The molecule has 1 amide bonds. The zero-order valence-corrected chi connectivity index (χ0v) is 15.8. The molecule has 0 saturated carbocycles. The monoisotopic (exact) mass is 381 g/mol. The van der Waals surface area contributed by atoms with Gasteiger partial charge in [-0.25, -0.2) is 9.78 Å². The second-order valence-electron chi connectivity index (χ2n) is 6.69. The molecular formula is C21H23N3O4. The summed E-state index contributed by atoms with van der Waals surface area (Å²) in [7, 11) is 0. The summed E-state index contributed by atoms with van der Waals surface area (Å²) in [6, 6.07) is 13.9. The molecule has 0 radical (unpaired) electrons. The van der Waals surface area contributed by atoms with E-state index in [4.69, 9.17) is 9.84 Å². The highest BCUT2D eigenvalue weighted by atomic mass is 16.5. The number of carbonyl (C=O) groups excluding carboxylic acids is 1. The molecule has 7 heteroatoms. The second-order valence-corrected chi connectivity index (χ2v) is 6.69. The quantitative estimate of drug-likeness (QED) is 0.554. The van der Waals surface area contributed by atoms with Crippen molar-refractivity contribution in [1.29, 1.82) is 0 Å². The zero-order valence-electron chi connectivity index (χ0n) is 15.8. The second kappa shape index (κ2) is 8.56. The largest absolute Gasteiger partial charge is 0.482 e. The van der Waals surface area contributed by atoms with Gasteiger partial charge in [0.15, 0.2) is 6.61 Å². The van der Waals surface area contributed by atoms with Crippen molar-refractivity contribution in [1.82, 2.24) is 15.3 Å². The van der Waals surface area contributed by atoms with Crippen molar-refractivity contribution in [3.8, 4) is 5.75 Å². The Balaban J connectivity index is 1.82. The summed E-state index contributed by atoms with van der Waals surface area (Å²) in [5, 5.41) is 11.8. The standard InChI is InChI=1S/C21H23N3O4/c1-3-13(2)19(20-22-16-9-4-5-10-17(16)23-20)24-21(27)14-7-6-8-15(11-14)28-12-18(25)26/h4-11,13,19H,3,12H2,1-2H3,(H,22,23)(H,24,27)(H,25,26). The molecule has 2 atom stereocenters. The van der Waals surface area contributed by atoms with Crippen LogP contribution in [0.4, 0.5) is 0 Å². The van der Waals surface area contributed by atoms with Gasteiger partial charge in [0, 0.05) is 5.56 Å². The number of aromatic amines is 1. The fourth-order valence-electron chi connectivity index (χ4n) is 2.93. The molecule has 3 aromatic rings. The van der Waals surface area contributed by atoms with Gasteiger partial charge in [0.1, 0.15) is 11.6 Å². The van der Waals surface area contributed by atoms with Crippen molar-refractivity contribution >= 4 is 22.9 Å². The van der Waals surface area contributed by atoms with Gasteiger partial charge >= 0.3 is 5.97 Å². The Morgan fingerprint density at radius 2 is 2.00 bits per heavy atom. The summed E-state index contributed by atoms with van der Waals surface area (Å²) >= 11 is 0. The predicted octanol–water partition coefficient (Wildman–Crippen LogP) is 3.54. The molecule has 2 unspecified atom stereocenters.